The third-order valence-electron chi connectivity index (χ3n) is 2.72. The summed E-state index contributed by atoms with van der Waals surface area (Å²) in [6, 6.07) is 2.39. The Bertz CT molecular complexity index is 451. The molecule has 1 aromatic carbocycles. The third kappa shape index (κ3) is 4.18. The van der Waals surface area contributed by atoms with E-state index in [0.717, 1.165) is 0 Å². The average Bonchev–Trinajstić information content (AvgIpc) is 2.35. The lowest BCUT2D eigenvalue weighted by Crippen LogP contribution is -2.14. The zero-order valence-electron chi connectivity index (χ0n) is 11.0. The third-order valence-corrected chi connectivity index (χ3v) is 2.72. The molecular weight excluding hydrogens is 253 g/mol. The summed E-state index contributed by atoms with van der Waals surface area (Å²) in [5.74, 6) is -1.42. The highest BCUT2D eigenvalue weighted by Gasteiger charge is 2.18. The molecule has 0 aliphatic heterocycles. The molecule has 1 rings (SSSR count). The van der Waals surface area contributed by atoms with Gasteiger partial charge in [0.2, 0.25) is 0 Å². The first-order valence-electron chi connectivity index (χ1n) is 5.82. The van der Waals surface area contributed by atoms with Crippen molar-refractivity contribution in [2.75, 3.05) is 14.2 Å². The first-order chi connectivity index (χ1) is 8.99. The second kappa shape index (κ2) is 7.06. The van der Waals surface area contributed by atoms with Crippen LogP contribution in [0.5, 0.6) is 5.75 Å². The van der Waals surface area contributed by atoms with Gasteiger partial charge in [-0.25, -0.2) is 4.39 Å². The normalized spacial score (nSPS) is 12.2. The van der Waals surface area contributed by atoms with Crippen LogP contribution in [0.15, 0.2) is 12.1 Å². The zero-order valence-corrected chi connectivity index (χ0v) is 11.0. The van der Waals surface area contributed by atoms with Crippen LogP contribution in [-0.4, -0.2) is 25.3 Å². The van der Waals surface area contributed by atoms with Crippen LogP contribution in [0.1, 0.15) is 30.0 Å². The maximum absolute atomic E-state index is 13.8. The molecule has 6 heteroatoms. The van der Waals surface area contributed by atoms with Crippen molar-refractivity contribution in [2.45, 2.75) is 25.5 Å². The van der Waals surface area contributed by atoms with Gasteiger partial charge in [-0.2, -0.15) is 0 Å². The molecule has 0 saturated carbocycles. The van der Waals surface area contributed by atoms with Gasteiger partial charge in [0, 0.05) is 25.1 Å². The number of aliphatic carboxylic acids is 1. The van der Waals surface area contributed by atoms with E-state index < -0.39 is 17.8 Å². The van der Waals surface area contributed by atoms with Crippen molar-refractivity contribution in [3.8, 4) is 5.75 Å². The molecule has 3 N–H and O–H groups in total. The number of halogens is 1. The molecule has 0 aromatic heterocycles. The largest absolute Gasteiger partial charge is 0.493 e. The van der Waals surface area contributed by atoms with Gasteiger partial charge in [0.1, 0.15) is 0 Å². The van der Waals surface area contributed by atoms with Crippen LogP contribution in [0.4, 0.5) is 4.39 Å². The van der Waals surface area contributed by atoms with Gasteiger partial charge in [-0.1, -0.05) is 0 Å². The fourth-order valence-electron chi connectivity index (χ4n) is 1.85. The van der Waals surface area contributed by atoms with Gasteiger partial charge in [0.15, 0.2) is 11.6 Å². The summed E-state index contributed by atoms with van der Waals surface area (Å²) in [4.78, 5) is 10.5. The van der Waals surface area contributed by atoms with Gasteiger partial charge >= 0.3 is 5.97 Å². The molecular formula is C13H18FNO4. The van der Waals surface area contributed by atoms with Gasteiger partial charge in [-0.05, 0) is 24.1 Å². The topological polar surface area (TPSA) is 81.8 Å². The summed E-state index contributed by atoms with van der Waals surface area (Å²) in [5.41, 5.74) is 6.98. The van der Waals surface area contributed by atoms with Crippen molar-refractivity contribution >= 4 is 5.97 Å². The number of rotatable bonds is 7. The highest BCUT2D eigenvalue weighted by atomic mass is 19.1. The molecule has 0 amide bonds. The highest BCUT2D eigenvalue weighted by Crippen LogP contribution is 2.30. The van der Waals surface area contributed by atoms with Crippen LogP contribution >= 0.6 is 0 Å². The molecule has 0 spiro atoms. The molecule has 19 heavy (non-hydrogen) atoms. The number of nitrogens with two attached hydrogens (primary N) is 1. The SMILES string of the molecule is COCc1cc(F)c(OC)c(C(N)CCC(=O)O)c1. The molecule has 0 saturated heterocycles. The Hall–Kier alpha value is -1.66. The minimum atomic E-state index is -0.942. The predicted octanol–water partition coefficient (Wildman–Crippen LogP) is 1.85. The fourth-order valence-corrected chi connectivity index (χ4v) is 1.85. The fraction of sp³-hybridized carbons (Fsp3) is 0.462. The lowest BCUT2D eigenvalue weighted by atomic mass is 9.99. The van der Waals surface area contributed by atoms with Crippen molar-refractivity contribution in [2.24, 2.45) is 5.73 Å². The molecule has 0 fully saturated rings. The summed E-state index contributed by atoms with van der Waals surface area (Å²) in [6.45, 7) is 0.250. The number of carbonyl (C=O) groups is 1. The Balaban J connectivity index is 3.04. The van der Waals surface area contributed by atoms with Crippen molar-refractivity contribution in [3.05, 3.63) is 29.1 Å². The second-order valence-corrected chi connectivity index (χ2v) is 4.17. The Morgan fingerprint density at radius 1 is 1.47 bits per heavy atom. The van der Waals surface area contributed by atoms with E-state index >= 15 is 0 Å². The molecule has 1 atom stereocenters. The first-order valence-corrected chi connectivity index (χ1v) is 5.82. The molecule has 0 bridgehead atoms. The molecule has 0 heterocycles. The van der Waals surface area contributed by atoms with Crippen LogP contribution in [0.3, 0.4) is 0 Å². The molecule has 5 nitrogen and oxygen atoms in total. The van der Waals surface area contributed by atoms with E-state index in [9.17, 15) is 9.18 Å². The first kappa shape index (κ1) is 15.4. The number of ether oxygens (including phenoxy) is 2. The van der Waals surface area contributed by atoms with Crippen LogP contribution in [0.2, 0.25) is 0 Å². The number of hydrogen-bond donors (Lipinski definition) is 2. The van der Waals surface area contributed by atoms with Gasteiger partial charge in [0.25, 0.3) is 0 Å². The van der Waals surface area contributed by atoms with Gasteiger partial charge in [-0.15, -0.1) is 0 Å². The zero-order chi connectivity index (χ0) is 14.4. The molecule has 0 aliphatic carbocycles. The number of hydrogen-bond acceptors (Lipinski definition) is 4. The maximum Gasteiger partial charge on any atom is 0.303 e. The van der Waals surface area contributed by atoms with Crippen LogP contribution < -0.4 is 10.5 Å². The van der Waals surface area contributed by atoms with Gasteiger partial charge in [0.05, 0.1) is 13.7 Å². The van der Waals surface area contributed by atoms with E-state index in [1.165, 1.54) is 20.3 Å². The lowest BCUT2D eigenvalue weighted by molar-refractivity contribution is -0.137. The van der Waals surface area contributed by atoms with E-state index in [-0.39, 0.29) is 25.2 Å². The minimum absolute atomic E-state index is 0.0535. The number of benzene rings is 1. The second-order valence-electron chi connectivity index (χ2n) is 4.17. The smallest absolute Gasteiger partial charge is 0.303 e. The van der Waals surface area contributed by atoms with Gasteiger partial charge < -0.3 is 20.3 Å². The average molecular weight is 271 g/mol. The van der Waals surface area contributed by atoms with Gasteiger partial charge in [-0.3, -0.25) is 4.79 Å². The Morgan fingerprint density at radius 3 is 2.68 bits per heavy atom. The van der Waals surface area contributed by atoms with E-state index in [1.54, 1.807) is 6.07 Å². The quantitative estimate of drug-likeness (QED) is 0.790. The molecule has 106 valence electrons. The number of carboxylic acid groups (broad SMARTS) is 1. The van der Waals surface area contributed by atoms with Crippen LogP contribution in [0, 0.1) is 5.82 Å². The van der Waals surface area contributed by atoms with Crippen LogP contribution in [-0.2, 0) is 16.1 Å². The van der Waals surface area contributed by atoms with E-state index in [2.05, 4.69) is 0 Å². The van der Waals surface area contributed by atoms with E-state index in [1.807, 2.05) is 0 Å². The van der Waals surface area contributed by atoms with Crippen molar-refractivity contribution < 1.29 is 23.8 Å². The standard InChI is InChI=1S/C13H18FNO4/c1-18-7-8-5-9(11(15)3-4-12(16)17)13(19-2)10(14)6-8/h5-6,11H,3-4,7,15H2,1-2H3,(H,16,17). The van der Waals surface area contributed by atoms with E-state index in [4.69, 9.17) is 20.3 Å². The highest BCUT2D eigenvalue weighted by molar-refractivity contribution is 5.66. The molecule has 1 aromatic rings. The summed E-state index contributed by atoms with van der Waals surface area (Å²) in [6.07, 6.45) is 0.127. The Labute approximate surface area is 111 Å². The number of methoxy groups -OCH3 is 2. The summed E-state index contributed by atoms with van der Waals surface area (Å²) < 4.78 is 23.8. The Kier molecular flexibility index (Phi) is 5.72. The predicted molar refractivity (Wildman–Crippen MR) is 67.5 cm³/mol. The summed E-state index contributed by atoms with van der Waals surface area (Å²) in [7, 11) is 2.86. The molecule has 1 unspecified atom stereocenters. The minimum Gasteiger partial charge on any atom is -0.493 e. The monoisotopic (exact) mass is 271 g/mol. The Morgan fingerprint density at radius 2 is 2.16 bits per heavy atom. The molecule has 0 aliphatic rings. The van der Waals surface area contributed by atoms with Crippen molar-refractivity contribution in [1.29, 1.82) is 0 Å². The van der Waals surface area contributed by atoms with Crippen molar-refractivity contribution in [3.63, 3.8) is 0 Å². The lowest BCUT2D eigenvalue weighted by Gasteiger charge is -2.17. The van der Waals surface area contributed by atoms with Crippen LogP contribution in [0.25, 0.3) is 0 Å². The summed E-state index contributed by atoms with van der Waals surface area (Å²) >= 11 is 0. The number of carboxylic acids is 1. The molecule has 0 radical (unpaired) electrons. The van der Waals surface area contributed by atoms with Crippen molar-refractivity contribution in [1.82, 2.24) is 0 Å². The maximum atomic E-state index is 13.8. The summed E-state index contributed by atoms with van der Waals surface area (Å²) in [5, 5.41) is 8.65. The van der Waals surface area contributed by atoms with E-state index in [0.29, 0.717) is 11.1 Å².